The van der Waals surface area contributed by atoms with Crippen molar-refractivity contribution in [1.82, 2.24) is 4.90 Å². The Morgan fingerprint density at radius 1 is 1.36 bits per heavy atom. The number of nitrogens with two attached hydrogens (primary N) is 1. The number of halogens is 3. The third-order valence-corrected chi connectivity index (χ3v) is 4.08. The molecule has 1 unspecified atom stereocenters. The van der Waals surface area contributed by atoms with Crippen LogP contribution in [0.1, 0.15) is 12.0 Å². The molecule has 5 nitrogen and oxygen atoms in total. The minimum atomic E-state index is -4.41. The van der Waals surface area contributed by atoms with Crippen molar-refractivity contribution >= 4 is 17.7 Å². The van der Waals surface area contributed by atoms with Crippen molar-refractivity contribution in [3.8, 4) is 5.75 Å². The molecule has 0 fully saturated rings. The highest BCUT2D eigenvalue weighted by atomic mass is 32.2. The lowest BCUT2D eigenvalue weighted by Gasteiger charge is -2.24. The first-order valence-electron chi connectivity index (χ1n) is 7.62. The summed E-state index contributed by atoms with van der Waals surface area (Å²) in [5.74, 6) is 0.695. The SMILES string of the molecule is CSCC[C@H](N)C(=O)N(C)CC(O)COc1ccc(C(F)(F)F)cc1. The first-order chi connectivity index (χ1) is 11.6. The van der Waals surface area contributed by atoms with Crippen LogP contribution in [-0.2, 0) is 11.0 Å². The fraction of sp³-hybridized carbons (Fsp3) is 0.562. The van der Waals surface area contributed by atoms with Crippen LogP contribution in [0.4, 0.5) is 13.2 Å². The lowest BCUT2D eigenvalue weighted by molar-refractivity contribution is -0.137. The highest BCUT2D eigenvalue weighted by molar-refractivity contribution is 7.98. The van der Waals surface area contributed by atoms with Gasteiger partial charge in [0.05, 0.1) is 11.6 Å². The van der Waals surface area contributed by atoms with Gasteiger partial charge in [0.2, 0.25) is 5.91 Å². The Morgan fingerprint density at radius 2 is 1.96 bits per heavy atom. The molecule has 0 radical (unpaired) electrons. The number of likely N-dealkylation sites (N-methyl/N-ethyl adjacent to an activating group) is 1. The Kier molecular flexibility index (Phi) is 8.54. The molecule has 1 aromatic carbocycles. The van der Waals surface area contributed by atoms with Crippen LogP contribution in [0.25, 0.3) is 0 Å². The predicted octanol–water partition coefficient (Wildman–Crippen LogP) is 1.98. The Bertz CT molecular complexity index is 540. The zero-order valence-corrected chi connectivity index (χ0v) is 14.9. The number of ether oxygens (including phenoxy) is 1. The van der Waals surface area contributed by atoms with Gasteiger partial charge in [-0.15, -0.1) is 0 Å². The molecule has 1 rings (SSSR count). The highest BCUT2D eigenvalue weighted by Crippen LogP contribution is 2.30. The van der Waals surface area contributed by atoms with Crippen LogP contribution >= 0.6 is 11.8 Å². The first-order valence-corrected chi connectivity index (χ1v) is 9.02. The molecule has 0 aliphatic rings. The molecule has 142 valence electrons. The van der Waals surface area contributed by atoms with Gasteiger partial charge in [-0.3, -0.25) is 4.79 Å². The predicted molar refractivity (Wildman–Crippen MR) is 91.6 cm³/mol. The number of benzene rings is 1. The third-order valence-electron chi connectivity index (χ3n) is 3.44. The van der Waals surface area contributed by atoms with Gasteiger partial charge >= 0.3 is 6.18 Å². The smallest absolute Gasteiger partial charge is 0.416 e. The monoisotopic (exact) mass is 380 g/mol. The Balaban J connectivity index is 2.43. The van der Waals surface area contributed by atoms with Gasteiger partial charge in [-0.1, -0.05) is 0 Å². The molecule has 9 heteroatoms. The number of hydrogen-bond acceptors (Lipinski definition) is 5. The zero-order chi connectivity index (χ0) is 19.0. The van der Waals surface area contributed by atoms with E-state index in [9.17, 15) is 23.1 Å². The molecule has 1 amide bonds. The number of carbonyl (C=O) groups is 1. The number of carbonyl (C=O) groups excluding carboxylic acids is 1. The van der Waals surface area contributed by atoms with Crippen LogP contribution in [0.15, 0.2) is 24.3 Å². The van der Waals surface area contributed by atoms with Gasteiger partial charge in [-0.25, -0.2) is 0 Å². The van der Waals surface area contributed by atoms with E-state index < -0.39 is 23.9 Å². The fourth-order valence-electron chi connectivity index (χ4n) is 2.04. The van der Waals surface area contributed by atoms with Crippen molar-refractivity contribution in [2.45, 2.75) is 24.7 Å². The van der Waals surface area contributed by atoms with Crippen molar-refractivity contribution in [2.24, 2.45) is 5.73 Å². The number of amides is 1. The Labute approximate surface area is 149 Å². The molecular weight excluding hydrogens is 357 g/mol. The summed E-state index contributed by atoms with van der Waals surface area (Å²) in [5, 5.41) is 9.93. The number of alkyl halides is 3. The van der Waals surface area contributed by atoms with E-state index in [0.29, 0.717) is 6.42 Å². The van der Waals surface area contributed by atoms with Gasteiger partial charge in [0, 0.05) is 13.6 Å². The van der Waals surface area contributed by atoms with Gasteiger partial charge in [-0.2, -0.15) is 24.9 Å². The van der Waals surface area contributed by atoms with Crippen molar-refractivity contribution in [2.75, 3.05) is 32.2 Å². The molecule has 0 spiro atoms. The standard InChI is InChI=1S/C16H23F3N2O3S/c1-21(15(23)14(20)7-8-25-2)9-12(22)10-24-13-5-3-11(4-6-13)16(17,18)19/h3-6,12,14,22H,7-10,20H2,1-2H3/t12?,14-/m0/s1. The molecule has 0 aromatic heterocycles. The summed E-state index contributed by atoms with van der Waals surface area (Å²) in [4.78, 5) is 13.3. The summed E-state index contributed by atoms with van der Waals surface area (Å²) in [7, 11) is 1.53. The van der Waals surface area contributed by atoms with E-state index in [2.05, 4.69) is 0 Å². The molecule has 0 saturated heterocycles. The summed E-state index contributed by atoms with van der Waals surface area (Å²) < 4.78 is 42.6. The molecule has 0 aliphatic carbocycles. The van der Waals surface area contributed by atoms with E-state index in [1.165, 1.54) is 24.1 Å². The van der Waals surface area contributed by atoms with Crippen molar-refractivity contribution in [3.63, 3.8) is 0 Å². The van der Waals surface area contributed by atoms with Crippen LogP contribution in [0.3, 0.4) is 0 Å². The molecule has 25 heavy (non-hydrogen) atoms. The van der Waals surface area contributed by atoms with Crippen LogP contribution in [0.5, 0.6) is 5.75 Å². The molecule has 2 atom stereocenters. The van der Waals surface area contributed by atoms with E-state index in [4.69, 9.17) is 10.5 Å². The largest absolute Gasteiger partial charge is 0.491 e. The summed E-state index contributed by atoms with van der Waals surface area (Å²) in [5.41, 5.74) is 5.01. The van der Waals surface area contributed by atoms with Gasteiger partial charge in [0.15, 0.2) is 0 Å². The molecule has 0 aliphatic heterocycles. The van der Waals surface area contributed by atoms with Gasteiger partial charge in [-0.05, 0) is 42.7 Å². The lowest BCUT2D eigenvalue weighted by Crippen LogP contribution is -2.45. The number of hydrogen-bond donors (Lipinski definition) is 2. The maximum absolute atomic E-state index is 12.5. The van der Waals surface area contributed by atoms with E-state index in [0.717, 1.165) is 17.9 Å². The second-order valence-electron chi connectivity index (χ2n) is 5.59. The van der Waals surface area contributed by atoms with Gasteiger partial charge in [0.25, 0.3) is 0 Å². The van der Waals surface area contributed by atoms with E-state index in [1.807, 2.05) is 6.26 Å². The highest BCUT2D eigenvalue weighted by Gasteiger charge is 2.30. The van der Waals surface area contributed by atoms with Gasteiger partial charge in [0.1, 0.15) is 18.5 Å². The summed E-state index contributed by atoms with van der Waals surface area (Å²) >= 11 is 1.59. The molecule has 0 bridgehead atoms. The minimum Gasteiger partial charge on any atom is -0.491 e. The maximum Gasteiger partial charge on any atom is 0.416 e. The number of nitrogens with zero attached hydrogens (tertiary/aromatic N) is 1. The number of aliphatic hydroxyl groups is 1. The van der Waals surface area contributed by atoms with Crippen molar-refractivity contribution in [1.29, 1.82) is 0 Å². The molecular formula is C16H23F3N2O3S. The summed E-state index contributed by atoms with van der Waals surface area (Å²) in [6.45, 7) is -0.129. The summed E-state index contributed by atoms with van der Waals surface area (Å²) in [6.07, 6.45) is -2.92. The van der Waals surface area contributed by atoms with E-state index >= 15 is 0 Å². The second-order valence-corrected chi connectivity index (χ2v) is 6.58. The second kappa shape index (κ2) is 9.88. The normalized spacial score (nSPS) is 14.0. The Morgan fingerprint density at radius 3 is 2.48 bits per heavy atom. The van der Waals surface area contributed by atoms with Gasteiger partial charge < -0.3 is 20.5 Å². The fourth-order valence-corrected chi connectivity index (χ4v) is 2.53. The molecule has 3 N–H and O–H groups in total. The topological polar surface area (TPSA) is 75.8 Å². The van der Waals surface area contributed by atoms with E-state index in [-0.39, 0.29) is 24.8 Å². The minimum absolute atomic E-state index is 0.0203. The quantitative estimate of drug-likeness (QED) is 0.685. The third kappa shape index (κ3) is 7.54. The van der Waals surface area contributed by atoms with E-state index in [1.54, 1.807) is 11.8 Å². The molecule has 1 aromatic rings. The lowest BCUT2D eigenvalue weighted by atomic mass is 10.2. The number of rotatable bonds is 9. The average Bonchev–Trinajstić information content (AvgIpc) is 2.56. The average molecular weight is 380 g/mol. The van der Waals surface area contributed by atoms with Crippen molar-refractivity contribution < 1.29 is 27.8 Å². The van der Waals surface area contributed by atoms with Crippen LogP contribution < -0.4 is 10.5 Å². The maximum atomic E-state index is 12.5. The molecule has 0 heterocycles. The molecule has 0 saturated carbocycles. The van der Waals surface area contributed by atoms with Crippen LogP contribution in [0, 0.1) is 0 Å². The van der Waals surface area contributed by atoms with Crippen LogP contribution in [0.2, 0.25) is 0 Å². The van der Waals surface area contributed by atoms with Crippen molar-refractivity contribution in [3.05, 3.63) is 29.8 Å². The zero-order valence-electron chi connectivity index (χ0n) is 14.1. The number of aliphatic hydroxyl groups excluding tert-OH is 1. The Hall–Kier alpha value is -1.45. The summed E-state index contributed by atoms with van der Waals surface area (Å²) in [6, 6.07) is 3.55. The number of thioether (sulfide) groups is 1. The first kappa shape index (κ1) is 21.6. The van der Waals surface area contributed by atoms with Crippen LogP contribution in [-0.4, -0.2) is 60.3 Å².